The third kappa shape index (κ3) is 13.8. The van der Waals surface area contributed by atoms with E-state index >= 15 is 0 Å². The largest absolute Gasteiger partial charge is 0.394 e. The molecule has 5 nitrogen and oxygen atoms in total. The Kier molecular flexibility index (Phi) is 10.4. The summed E-state index contributed by atoms with van der Waals surface area (Å²) in [4.78, 5) is 0. The molecular formula is C10H24O5. The molecule has 0 saturated carbocycles. The van der Waals surface area contributed by atoms with Crippen molar-refractivity contribution in [3.8, 4) is 0 Å². The van der Waals surface area contributed by atoms with Crippen LogP contribution in [0.25, 0.3) is 0 Å². The molecule has 5 heteroatoms. The molecule has 2 unspecified atom stereocenters. The van der Waals surface area contributed by atoms with Gasteiger partial charge in [-0.15, -0.1) is 0 Å². The first-order valence-corrected chi connectivity index (χ1v) is 5.20. The predicted octanol–water partition coefficient (Wildman–Crippen LogP) is -0.138. The Morgan fingerprint density at radius 1 is 1.27 bits per heavy atom. The minimum Gasteiger partial charge on any atom is -0.394 e. The van der Waals surface area contributed by atoms with E-state index in [9.17, 15) is 0 Å². The molecule has 15 heavy (non-hydrogen) atoms. The summed E-state index contributed by atoms with van der Waals surface area (Å²) in [6.45, 7) is 7.10. The number of hydrogen-bond donors (Lipinski definition) is 4. The van der Waals surface area contributed by atoms with Gasteiger partial charge in [-0.05, 0) is 20.3 Å². The van der Waals surface area contributed by atoms with Crippen molar-refractivity contribution >= 4 is 0 Å². The van der Waals surface area contributed by atoms with Gasteiger partial charge in [-0.1, -0.05) is 13.8 Å². The van der Waals surface area contributed by atoms with Gasteiger partial charge in [-0.3, -0.25) is 0 Å². The Hall–Kier alpha value is -0.200. The molecule has 1 rings (SSSR count). The van der Waals surface area contributed by atoms with Crippen molar-refractivity contribution in [2.75, 3.05) is 13.2 Å². The molecule has 1 heterocycles. The van der Waals surface area contributed by atoms with Crippen molar-refractivity contribution in [3.05, 3.63) is 0 Å². The van der Waals surface area contributed by atoms with E-state index < -0.39 is 11.9 Å². The van der Waals surface area contributed by atoms with Gasteiger partial charge in [-0.25, -0.2) is 0 Å². The fourth-order valence-corrected chi connectivity index (χ4v) is 0.812. The lowest BCUT2D eigenvalue weighted by Crippen LogP contribution is -2.24. The molecule has 0 aromatic carbocycles. The number of rotatable bonds is 1. The lowest BCUT2D eigenvalue weighted by molar-refractivity contribution is -0.127. The van der Waals surface area contributed by atoms with Crippen molar-refractivity contribution in [1.29, 1.82) is 0 Å². The number of ether oxygens (including phenoxy) is 1. The molecular weight excluding hydrogens is 200 g/mol. The van der Waals surface area contributed by atoms with Gasteiger partial charge in [0.1, 0.15) is 6.10 Å². The zero-order chi connectivity index (χ0) is 12.5. The van der Waals surface area contributed by atoms with Crippen LogP contribution in [0.5, 0.6) is 0 Å². The quantitative estimate of drug-likeness (QED) is 0.466. The molecule has 0 aliphatic carbocycles. The molecule has 94 valence electrons. The average Bonchev–Trinajstić information content (AvgIpc) is 2.51. The Bertz CT molecular complexity index is 126. The van der Waals surface area contributed by atoms with Crippen molar-refractivity contribution in [2.24, 2.45) is 0 Å². The molecule has 0 amide bonds. The third-order valence-electron chi connectivity index (χ3n) is 1.35. The van der Waals surface area contributed by atoms with Crippen molar-refractivity contribution in [2.45, 2.75) is 52.1 Å². The first kappa shape index (κ1) is 17.2. The topological polar surface area (TPSA) is 90.2 Å². The minimum absolute atomic E-state index is 0.0683. The van der Waals surface area contributed by atoms with E-state index in [0.717, 1.165) is 0 Å². The SMILES string of the molecule is CC.CC(C)(O)O.OCC1OCCC1O. The molecule has 1 fully saturated rings. The minimum atomic E-state index is -1.50. The molecule has 1 aliphatic heterocycles. The van der Waals surface area contributed by atoms with E-state index in [2.05, 4.69) is 0 Å². The maximum absolute atomic E-state index is 8.90. The van der Waals surface area contributed by atoms with Crippen LogP contribution in [0, 0.1) is 0 Å². The first-order valence-electron chi connectivity index (χ1n) is 5.20. The molecule has 1 aliphatic rings. The second kappa shape index (κ2) is 9.06. The van der Waals surface area contributed by atoms with Gasteiger partial charge < -0.3 is 25.2 Å². The van der Waals surface area contributed by atoms with Gasteiger partial charge >= 0.3 is 0 Å². The summed E-state index contributed by atoms with van der Waals surface area (Å²) in [6.07, 6.45) is -0.111. The molecule has 2 atom stereocenters. The van der Waals surface area contributed by atoms with E-state index in [1.807, 2.05) is 13.8 Å². The Morgan fingerprint density at radius 2 is 1.67 bits per heavy atom. The Labute approximate surface area is 91.3 Å². The fourth-order valence-electron chi connectivity index (χ4n) is 0.812. The highest BCUT2D eigenvalue weighted by Gasteiger charge is 2.24. The fraction of sp³-hybridized carbons (Fsp3) is 1.00. The van der Waals surface area contributed by atoms with E-state index in [4.69, 9.17) is 25.2 Å². The lowest BCUT2D eigenvalue weighted by Gasteiger charge is -2.07. The van der Waals surface area contributed by atoms with Gasteiger partial charge in [0, 0.05) is 6.61 Å². The number of aliphatic hydroxyl groups is 4. The zero-order valence-corrected chi connectivity index (χ0v) is 9.97. The Morgan fingerprint density at radius 3 is 1.80 bits per heavy atom. The highest BCUT2D eigenvalue weighted by atomic mass is 16.5. The predicted molar refractivity (Wildman–Crippen MR) is 57.3 cm³/mol. The zero-order valence-electron chi connectivity index (χ0n) is 9.97. The van der Waals surface area contributed by atoms with Crippen LogP contribution in [0.3, 0.4) is 0 Å². The van der Waals surface area contributed by atoms with E-state index in [0.29, 0.717) is 13.0 Å². The molecule has 0 spiro atoms. The van der Waals surface area contributed by atoms with Crippen LogP contribution < -0.4 is 0 Å². The normalized spacial score (nSPS) is 24.8. The van der Waals surface area contributed by atoms with Crippen LogP contribution in [-0.4, -0.2) is 51.6 Å². The third-order valence-corrected chi connectivity index (χ3v) is 1.35. The second-order valence-electron chi connectivity index (χ2n) is 3.44. The van der Waals surface area contributed by atoms with Gasteiger partial charge in [0.05, 0.1) is 12.7 Å². The highest BCUT2D eigenvalue weighted by Crippen LogP contribution is 2.11. The van der Waals surface area contributed by atoms with Crippen molar-refractivity contribution in [3.63, 3.8) is 0 Å². The summed E-state index contributed by atoms with van der Waals surface area (Å²) < 4.78 is 4.91. The van der Waals surface area contributed by atoms with Gasteiger partial charge in [0.15, 0.2) is 5.79 Å². The average molecular weight is 224 g/mol. The second-order valence-corrected chi connectivity index (χ2v) is 3.44. The first-order chi connectivity index (χ1) is 6.84. The molecule has 0 radical (unpaired) electrons. The van der Waals surface area contributed by atoms with Crippen LogP contribution in [0.15, 0.2) is 0 Å². The summed E-state index contributed by atoms with van der Waals surface area (Å²) >= 11 is 0. The van der Waals surface area contributed by atoms with E-state index in [-0.39, 0.29) is 12.7 Å². The summed E-state index contributed by atoms with van der Waals surface area (Å²) in [5.74, 6) is -1.50. The molecule has 4 N–H and O–H groups in total. The van der Waals surface area contributed by atoms with Crippen LogP contribution in [-0.2, 0) is 4.74 Å². The summed E-state index contributed by atoms with van der Waals surface area (Å²) in [6, 6.07) is 0. The molecule has 0 aromatic rings. The van der Waals surface area contributed by atoms with Crippen LogP contribution >= 0.6 is 0 Å². The number of aliphatic hydroxyl groups excluding tert-OH is 2. The maximum atomic E-state index is 8.90. The standard InChI is InChI=1S/C5H10O3.C3H8O2.C2H6/c6-3-5-4(7)1-2-8-5;1-3(2,4)5;1-2/h4-7H,1-3H2;4-5H,1-2H3;1-2H3. The van der Waals surface area contributed by atoms with Crippen LogP contribution in [0.1, 0.15) is 34.1 Å². The van der Waals surface area contributed by atoms with Crippen molar-refractivity contribution in [1.82, 2.24) is 0 Å². The van der Waals surface area contributed by atoms with Gasteiger partial charge in [0.25, 0.3) is 0 Å². The summed E-state index contributed by atoms with van der Waals surface area (Å²) in [5, 5.41) is 33.5. The highest BCUT2D eigenvalue weighted by molar-refractivity contribution is 4.73. The maximum Gasteiger partial charge on any atom is 0.156 e. The monoisotopic (exact) mass is 224 g/mol. The smallest absolute Gasteiger partial charge is 0.156 e. The van der Waals surface area contributed by atoms with Gasteiger partial charge in [-0.2, -0.15) is 0 Å². The molecule has 1 saturated heterocycles. The Balaban J connectivity index is 0. The van der Waals surface area contributed by atoms with E-state index in [1.54, 1.807) is 0 Å². The summed E-state index contributed by atoms with van der Waals surface area (Å²) in [5.41, 5.74) is 0. The summed E-state index contributed by atoms with van der Waals surface area (Å²) in [7, 11) is 0. The van der Waals surface area contributed by atoms with Crippen LogP contribution in [0.4, 0.5) is 0 Å². The molecule has 0 aromatic heterocycles. The van der Waals surface area contributed by atoms with Gasteiger partial charge in [0.2, 0.25) is 0 Å². The van der Waals surface area contributed by atoms with E-state index in [1.165, 1.54) is 13.8 Å². The molecule has 0 bridgehead atoms. The lowest BCUT2D eigenvalue weighted by atomic mass is 10.2. The van der Waals surface area contributed by atoms with Crippen LogP contribution in [0.2, 0.25) is 0 Å². The van der Waals surface area contributed by atoms with Crippen molar-refractivity contribution < 1.29 is 25.2 Å². The number of hydrogen-bond acceptors (Lipinski definition) is 5.